The van der Waals surface area contributed by atoms with Gasteiger partial charge in [-0.05, 0) is 56.0 Å². The lowest BCUT2D eigenvalue weighted by Crippen LogP contribution is -2.43. The number of imide groups is 1. The van der Waals surface area contributed by atoms with Crippen LogP contribution in [0.4, 0.5) is 16.3 Å². The zero-order valence-corrected chi connectivity index (χ0v) is 17.3. The minimum Gasteiger partial charge on any atom is -0.310 e. The third kappa shape index (κ3) is 2.81. The van der Waals surface area contributed by atoms with Gasteiger partial charge >= 0.3 is 6.03 Å². The number of fused-ring (bicyclic) bond motifs is 1. The van der Waals surface area contributed by atoms with Gasteiger partial charge in [-0.3, -0.25) is 9.59 Å². The summed E-state index contributed by atoms with van der Waals surface area (Å²) in [6, 6.07) is 10.8. The lowest BCUT2D eigenvalue weighted by molar-refractivity contribution is -0.123. The number of benzene rings is 1. The summed E-state index contributed by atoms with van der Waals surface area (Å²) in [6.45, 7) is 3.64. The molecule has 5 rings (SSSR count). The molecule has 4 amide bonds. The van der Waals surface area contributed by atoms with Gasteiger partial charge in [-0.2, -0.15) is 5.26 Å². The molecule has 0 bridgehead atoms. The van der Waals surface area contributed by atoms with Crippen molar-refractivity contribution in [2.75, 3.05) is 10.2 Å². The van der Waals surface area contributed by atoms with E-state index in [0.717, 1.165) is 29.5 Å². The highest BCUT2D eigenvalue weighted by atomic mass is 16.2. The molecule has 3 aliphatic rings. The summed E-state index contributed by atoms with van der Waals surface area (Å²) in [5, 5.41) is 12.1. The largest absolute Gasteiger partial charge is 0.332 e. The van der Waals surface area contributed by atoms with Crippen molar-refractivity contribution >= 4 is 29.4 Å². The smallest absolute Gasteiger partial charge is 0.310 e. The van der Waals surface area contributed by atoms with E-state index >= 15 is 0 Å². The van der Waals surface area contributed by atoms with Gasteiger partial charge in [-0.1, -0.05) is 12.1 Å². The zero-order chi connectivity index (χ0) is 22.0. The van der Waals surface area contributed by atoms with Crippen molar-refractivity contribution in [3.05, 3.63) is 53.2 Å². The van der Waals surface area contributed by atoms with Crippen molar-refractivity contribution in [1.29, 1.82) is 5.26 Å². The van der Waals surface area contributed by atoms with E-state index in [2.05, 4.69) is 16.4 Å². The first-order valence-electron chi connectivity index (χ1n) is 10.2. The van der Waals surface area contributed by atoms with Crippen molar-refractivity contribution < 1.29 is 14.4 Å². The Bertz CT molecular complexity index is 1170. The molecule has 2 aliphatic heterocycles. The molecule has 3 heterocycles. The van der Waals surface area contributed by atoms with Crippen LogP contribution in [0.15, 0.2) is 36.5 Å². The molecular weight excluding hydrogens is 394 g/mol. The van der Waals surface area contributed by atoms with Gasteiger partial charge in [0.2, 0.25) is 5.91 Å². The van der Waals surface area contributed by atoms with Crippen LogP contribution in [0.2, 0.25) is 0 Å². The third-order valence-electron chi connectivity index (χ3n) is 6.54. The Morgan fingerprint density at radius 2 is 1.84 bits per heavy atom. The van der Waals surface area contributed by atoms with E-state index in [1.165, 1.54) is 9.80 Å². The van der Waals surface area contributed by atoms with Crippen molar-refractivity contribution in [2.24, 2.45) is 0 Å². The summed E-state index contributed by atoms with van der Waals surface area (Å²) in [7, 11) is 0. The predicted molar refractivity (Wildman–Crippen MR) is 112 cm³/mol. The molecule has 0 atom stereocenters. The Labute approximate surface area is 179 Å². The molecule has 1 saturated carbocycles. The number of carbonyl (C=O) groups excluding carboxylic acids is 3. The molecule has 1 aromatic carbocycles. The van der Waals surface area contributed by atoms with Gasteiger partial charge in [0.05, 0.1) is 23.6 Å². The first kappa shape index (κ1) is 19.2. The van der Waals surface area contributed by atoms with E-state index in [0.29, 0.717) is 11.5 Å². The van der Waals surface area contributed by atoms with E-state index in [1.54, 1.807) is 38.2 Å². The van der Waals surface area contributed by atoms with Crippen LogP contribution in [0.1, 0.15) is 43.4 Å². The summed E-state index contributed by atoms with van der Waals surface area (Å²) >= 11 is 0. The van der Waals surface area contributed by atoms with E-state index in [9.17, 15) is 19.6 Å². The number of anilines is 2. The summed E-state index contributed by atoms with van der Waals surface area (Å²) in [5.41, 5.74) is 1.48. The first-order chi connectivity index (χ1) is 14.8. The number of urea groups is 1. The van der Waals surface area contributed by atoms with E-state index in [1.807, 2.05) is 12.1 Å². The number of hydrogen-bond acceptors (Lipinski definition) is 5. The number of hydrogen-bond donors (Lipinski definition) is 1. The summed E-state index contributed by atoms with van der Waals surface area (Å²) in [6.07, 6.45) is 3.47. The van der Waals surface area contributed by atoms with Gasteiger partial charge in [-0.25, -0.2) is 14.7 Å². The SMILES string of the molecule is CC1(C)C(=O)N(c2ccc(C3(C#N)CC3)cc2)C(=O)N1Cc1ccnc2c1CC(=O)N2. The van der Waals surface area contributed by atoms with Crippen molar-refractivity contribution in [2.45, 2.75) is 50.6 Å². The maximum absolute atomic E-state index is 13.3. The molecule has 8 nitrogen and oxygen atoms in total. The van der Waals surface area contributed by atoms with E-state index in [-0.39, 0.29) is 24.8 Å². The highest BCUT2D eigenvalue weighted by Crippen LogP contribution is 2.48. The van der Waals surface area contributed by atoms with E-state index < -0.39 is 17.0 Å². The Morgan fingerprint density at radius 1 is 1.13 bits per heavy atom. The number of nitrogens with zero attached hydrogens (tertiary/aromatic N) is 4. The number of nitrogens with one attached hydrogen (secondary N) is 1. The Hall–Kier alpha value is -3.73. The predicted octanol–water partition coefficient (Wildman–Crippen LogP) is 2.88. The highest BCUT2D eigenvalue weighted by Gasteiger charge is 2.52. The summed E-state index contributed by atoms with van der Waals surface area (Å²) in [5.74, 6) is 0.0642. The van der Waals surface area contributed by atoms with Crippen molar-refractivity contribution in [3.8, 4) is 6.07 Å². The second-order valence-corrected chi connectivity index (χ2v) is 8.83. The van der Waals surface area contributed by atoms with Gasteiger partial charge < -0.3 is 10.2 Å². The third-order valence-corrected chi connectivity index (χ3v) is 6.54. The zero-order valence-electron chi connectivity index (χ0n) is 17.3. The van der Waals surface area contributed by atoms with Gasteiger partial charge in [0.15, 0.2) is 0 Å². The van der Waals surface area contributed by atoms with Gasteiger partial charge in [0, 0.05) is 18.3 Å². The molecule has 0 radical (unpaired) electrons. The standard InChI is InChI=1S/C23H21N5O3/c1-22(2)20(30)28(16-5-3-15(4-6-16)23(13-24)8-9-23)21(31)27(22)12-14-7-10-25-19-17(14)11-18(29)26-19/h3-7,10H,8-9,11-12H2,1-2H3,(H,25,26,29). The van der Waals surface area contributed by atoms with Crippen LogP contribution in [-0.4, -0.2) is 33.3 Å². The van der Waals surface area contributed by atoms with Crippen LogP contribution in [-0.2, 0) is 28.0 Å². The van der Waals surface area contributed by atoms with Crippen LogP contribution >= 0.6 is 0 Å². The molecule has 8 heteroatoms. The number of nitriles is 1. The van der Waals surface area contributed by atoms with Crippen LogP contribution in [0.25, 0.3) is 0 Å². The molecule has 31 heavy (non-hydrogen) atoms. The van der Waals surface area contributed by atoms with Gasteiger partial charge in [0.1, 0.15) is 11.4 Å². The second-order valence-electron chi connectivity index (χ2n) is 8.83. The van der Waals surface area contributed by atoms with Gasteiger partial charge in [0.25, 0.3) is 5.91 Å². The maximum Gasteiger partial charge on any atom is 0.332 e. The Kier molecular flexibility index (Phi) is 3.96. The molecule has 1 saturated heterocycles. The number of pyridine rings is 1. The number of amides is 4. The van der Waals surface area contributed by atoms with Crippen LogP contribution in [0.3, 0.4) is 0 Å². The Balaban J connectivity index is 1.45. The molecule has 1 aromatic heterocycles. The number of carbonyl (C=O) groups is 3. The topological polar surface area (TPSA) is 106 Å². The van der Waals surface area contributed by atoms with Crippen LogP contribution in [0.5, 0.6) is 0 Å². The van der Waals surface area contributed by atoms with Crippen LogP contribution in [0, 0.1) is 11.3 Å². The van der Waals surface area contributed by atoms with Crippen molar-refractivity contribution in [1.82, 2.24) is 9.88 Å². The lowest BCUT2D eigenvalue weighted by atomic mass is 9.97. The molecule has 2 aromatic rings. The number of rotatable bonds is 4. The van der Waals surface area contributed by atoms with E-state index in [4.69, 9.17) is 0 Å². The summed E-state index contributed by atoms with van der Waals surface area (Å²) in [4.78, 5) is 45.2. The molecule has 0 unspecified atom stereocenters. The summed E-state index contributed by atoms with van der Waals surface area (Å²) < 4.78 is 0. The van der Waals surface area contributed by atoms with Crippen molar-refractivity contribution in [3.63, 3.8) is 0 Å². The highest BCUT2D eigenvalue weighted by molar-refractivity contribution is 6.23. The molecule has 1 N–H and O–H groups in total. The molecule has 2 fully saturated rings. The normalized spacial score (nSPS) is 20.5. The average Bonchev–Trinajstić information content (AvgIpc) is 3.42. The lowest BCUT2D eigenvalue weighted by Gasteiger charge is -2.28. The molecule has 1 aliphatic carbocycles. The molecule has 0 spiro atoms. The maximum atomic E-state index is 13.3. The molecular formula is C23H21N5O3. The number of aromatic nitrogens is 1. The second kappa shape index (κ2) is 6.38. The average molecular weight is 415 g/mol. The monoisotopic (exact) mass is 415 g/mol. The fourth-order valence-corrected chi connectivity index (χ4v) is 4.34. The van der Waals surface area contributed by atoms with Crippen LogP contribution < -0.4 is 10.2 Å². The Morgan fingerprint density at radius 3 is 2.48 bits per heavy atom. The molecule has 156 valence electrons. The minimum absolute atomic E-state index is 0.134. The quantitative estimate of drug-likeness (QED) is 0.773. The fraction of sp³-hybridized carbons (Fsp3) is 0.348. The van der Waals surface area contributed by atoms with Gasteiger partial charge in [-0.15, -0.1) is 0 Å². The first-order valence-corrected chi connectivity index (χ1v) is 10.2. The fourth-order valence-electron chi connectivity index (χ4n) is 4.34. The minimum atomic E-state index is -1.05.